The summed E-state index contributed by atoms with van der Waals surface area (Å²) >= 11 is 0. The number of rotatable bonds is 10. The molecule has 1 aromatic heterocycles. The number of aryl methyl sites for hydroxylation is 2. The second kappa shape index (κ2) is 11.7. The second-order valence-electron chi connectivity index (χ2n) is 8.60. The van der Waals surface area contributed by atoms with Gasteiger partial charge in [-0.25, -0.2) is 4.79 Å². The molecule has 0 aliphatic heterocycles. The molecule has 0 spiro atoms. The average Bonchev–Trinajstić information content (AvgIpc) is 2.82. The number of hydrogen-bond donors (Lipinski definition) is 2. The number of anilines is 1. The summed E-state index contributed by atoms with van der Waals surface area (Å²) in [5.74, 6) is 0.591. The minimum atomic E-state index is -0.260. The molecule has 0 aliphatic rings. The van der Waals surface area contributed by atoms with E-state index in [1.54, 1.807) is 24.1 Å². The van der Waals surface area contributed by atoms with Crippen LogP contribution in [0, 0.1) is 13.8 Å². The van der Waals surface area contributed by atoms with Gasteiger partial charge in [-0.1, -0.05) is 32.0 Å². The third-order valence-corrected chi connectivity index (χ3v) is 6.18. The zero-order chi connectivity index (χ0) is 24.7. The second-order valence-corrected chi connectivity index (χ2v) is 8.60. The van der Waals surface area contributed by atoms with Crippen LogP contribution in [0.5, 0.6) is 5.75 Å². The van der Waals surface area contributed by atoms with Crippen LogP contribution in [0.4, 0.5) is 10.5 Å². The topological polar surface area (TPSA) is 77.7 Å². The number of aromatic amines is 1. The number of nitrogens with one attached hydrogen (secondary N) is 2. The standard InChI is InChI=1S/C27H36N4O3/c1-6-30(7-2)13-10-14-31(27(33)29-23-11-8-9-12-25(23)34-5)18-21-17-22-20(4)15-19(3)16-24(22)28-26(21)32/h8-9,11-12,15-17H,6-7,10,13-14,18H2,1-5H3,(H,28,32)(H,29,33). The third-order valence-electron chi connectivity index (χ3n) is 6.18. The number of H-pyrrole nitrogens is 1. The molecule has 34 heavy (non-hydrogen) atoms. The number of methoxy groups -OCH3 is 1. The Morgan fingerprint density at radius 2 is 1.79 bits per heavy atom. The number of amides is 2. The molecule has 182 valence electrons. The molecule has 3 aromatic rings. The fourth-order valence-electron chi connectivity index (χ4n) is 4.26. The Balaban J connectivity index is 1.87. The van der Waals surface area contributed by atoms with Crippen molar-refractivity contribution in [2.24, 2.45) is 0 Å². The Morgan fingerprint density at radius 3 is 2.50 bits per heavy atom. The summed E-state index contributed by atoms with van der Waals surface area (Å²) in [6, 6.07) is 13.0. The number of urea groups is 1. The number of ether oxygens (including phenoxy) is 1. The van der Waals surface area contributed by atoms with Crippen LogP contribution in [-0.2, 0) is 6.54 Å². The minimum Gasteiger partial charge on any atom is -0.495 e. The quantitative estimate of drug-likeness (QED) is 0.446. The average molecular weight is 465 g/mol. The van der Waals surface area contributed by atoms with Gasteiger partial charge in [0.25, 0.3) is 5.56 Å². The first-order valence-corrected chi connectivity index (χ1v) is 11.9. The van der Waals surface area contributed by atoms with Crippen molar-refractivity contribution in [3.63, 3.8) is 0 Å². The number of pyridine rings is 1. The minimum absolute atomic E-state index is 0.170. The van der Waals surface area contributed by atoms with Crippen molar-refractivity contribution in [3.8, 4) is 5.75 Å². The molecule has 0 aliphatic carbocycles. The number of aromatic nitrogens is 1. The summed E-state index contributed by atoms with van der Waals surface area (Å²) in [6.45, 7) is 11.9. The maximum absolute atomic E-state index is 13.3. The Bertz CT molecular complexity index is 1180. The first kappa shape index (κ1) is 25.3. The number of hydrogen-bond acceptors (Lipinski definition) is 4. The van der Waals surface area contributed by atoms with Crippen molar-refractivity contribution >= 4 is 22.6 Å². The zero-order valence-electron chi connectivity index (χ0n) is 20.9. The molecule has 0 saturated heterocycles. The maximum Gasteiger partial charge on any atom is 0.322 e. The lowest BCUT2D eigenvalue weighted by atomic mass is 10.0. The highest BCUT2D eigenvalue weighted by Gasteiger charge is 2.18. The molecule has 2 N–H and O–H groups in total. The Hall–Kier alpha value is -3.32. The molecule has 0 atom stereocenters. The first-order valence-electron chi connectivity index (χ1n) is 11.9. The molecule has 7 nitrogen and oxygen atoms in total. The van der Waals surface area contributed by atoms with Crippen molar-refractivity contribution < 1.29 is 9.53 Å². The van der Waals surface area contributed by atoms with E-state index in [0.717, 1.165) is 48.1 Å². The highest BCUT2D eigenvalue weighted by atomic mass is 16.5. The van der Waals surface area contributed by atoms with Gasteiger partial charge in [0.1, 0.15) is 5.75 Å². The van der Waals surface area contributed by atoms with Crippen LogP contribution in [0.2, 0.25) is 0 Å². The first-order chi connectivity index (χ1) is 16.4. The lowest BCUT2D eigenvalue weighted by molar-refractivity contribution is 0.202. The molecule has 2 aromatic carbocycles. The maximum atomic E-state index is 13.3. The van der Waals surface area contributed by atoms with Crippen LogP contribution in [0.25, 0.3) is 10.9 Å². The predicted octanol–water partition coefficient (Wildman–Crippen LogP) is 4.92. The van der Waals surface area contributed by atoms with E-state index in [1.165, 1.54) is 0 Å². The Morgan fingerprint density at radius 1 is 1.06 bits per heavy atom. The fourth-order valence-corrected chi connectivity index (χ4v) is 4.26. The van der Waals surface area contributed by atoms with Gasteiger partial charge in [-0.15, -0.1) is 0 Å². The van der Waals surface area contributed by atoms with Crippen LogP contribution in [0.15, 0.2) is 47.3 Å². The molecule has 0 bridgehead atoms. The summed E-state index contributed by atoms with van der Waals surface area (Å²) < 4.78 is 5.38. The number of carbonyl (C=O) groups excluding carboxylic acids is 1. The fraction of sp³-hybridized carbons (Fsp3) is 0.407. The molecule has 0 fully saturated rings. The summed E-state index contributed by atoms with van der Waals surface area (Å²) in [6.07, 6.45) is 0.810. The van der Waals surface area contributed by atoms with E-state index in [2.05, 4.69) is 35.1 Å². The van der Waals surface area contributed by atoms with Crippen LogP contribution in [0.1, 0.15) is 37.0 Å². The highest BCUT2D eigenvalue weighted by Crippen LogP contribution is 2.24. The van der Waals surface area contributed by atoms with Gasteiger partial charge in [0.15, 0.2) is 0 Å². The van der Waals surface area contributed by atoms with Gasteiger partial charge in [0.05, 0.1) is 19.3 Å². The summed E-state index contributed by atoms with van der Waals surface area (Å²) in [7, 11) is 1.57. The van der Waals surface area contributed by atoms with Crippen molar-refractivity contribution in [2.75, 3.05) is 38.6 Å². The van der Waals surface area contributed by atoms with Gasteiger partial charge in [0, 0.05) is 23.0 Å². The molecule has 0 unspecified atom stereocenters. The van der Waals surface area contributed by atoms with Crippen molar-refractivity contribution in [1.29, 1.82) is 0 Å². The van der Waals surface area contributed by atoms with E-state index < -0.39 is 0 Å². The lowest BCUT2D eigenvalue weighted by Gasteiger charge is -2.25. The van der Waals surface area contributed by atoms with Gasteiger partial charge in [-0.3, -0.25) is 4.79 Å². The lowest BCUT2D eigenvalue weighted by Crippen LogP contribution is -2.38. The molecule has 7 heteroatoms. The van der Waals surface area contributed by atoms with Crippen LogP contribution in [-0.4, -0.2) is 54.1 Å². The van der Waals surface area contributed by atoms with E-state index in [9.17, 15) is 9.59 Å². The molecular formula is C27H36N4O3. The van der Waals surface area contributed by atoms with E-state index >= 15 is 0 Å². The van der Waals surface area contributed by atoms with Gasteiger partial charge in [0.2, 0.25) is 0 Å². The SMILES string of the molecule is CCN(CC)CCCN(Cc1cc2c(C)cc(C)cc2[nH]c1=O)C(=O)Nc1ccccc1OC. The van der Waals surface area contributed by atoms with Crippen molar-refractivity contribution in [3.05, 3.63) is 69.5 Å². The summed E-state index contributed by atoms with van der Waals surface area (Å²) in [5, 5.41) is 3.95. The van der Waals surface area contributed by atoms with Crippen LogP contribution >= 0.6 is 0 Å². The summed E-state index contributed by atoms with van der Waals surface area (Å²) in [4.78, 5) is 33.3. The number of benzene rings is 2. The van der Waals surface area contributed by atoms with Gasteiger partial charge >= 0.3 is 6.03 Å². The molecule has 2 amide bonds. The normalized spacial score (nSPS) is 11.1. The van der Waals surface area contributed by atoms with E-state index in [4.69, 9.17) is 4.74 Å². The number of carbonyl (C=O) groups is 1. The van der Waals surface area contributed by atoms with E-state index in [0.29, 0.717) is 23.5 Å². The molecule has 3 rings (SSSR count). The van der Waals surface area contributed by atoms with E-state index in [1.807, 2.05) is 38.1 Å². The van der Waals surface area contributed by atoms with E-state index in [-0.39, 0.29) is 18.1 Å². The number of fused-ring (bicyclic) bond motifs is 1. The van der Waals surface area contributed by atoms with Crippen LogP contribution in [0.3, 0.4) is 0 Å². The largest absolute Gasteiger partial charge is 0.495 e. The Labute approximate surface area is 201 Å². The third kappa shape index (κ3) is 6.17. The van der Waals surface area contributed by atoms with Crippen molar-refractivity contribution in [1.82, 2.24) is 14.8 Å². The molecular weight excluding hydrogens is 428 g/mol. The Kier molecular flexibility index (Phi) is 8.71. The molecule has 0 radical (unpaired) electrons. The van der Waals surface area contributed by atoms with Crippen LogP contribution < -0.4 is 15.6 Å². The predicted molar refractivity (Wildman–Crippen MR) is 139 cm³/mol. The highest BCUT2D eigenvalue weighted by molar-refractivity contribution is 5.91. The molecule has 1 heterocycles. The zero-order valence-corrected chi connectivity index (χ0v) is 20.9. The number of nitrogens with zero attached hydrogens (tertiary/aromatic N) is 2. The van der Waals surface area contributed by atoms with Gasteiger partial charge < -0.3 is 24.8 Å². The van der Waals surface area contributed by atoms with Gasteiger partial charge in [-0.05, 0) is 75.3 Å². The molecule has 0 saturated carbocycles. The van der Waals surface area contributed by atoms with Crippen molar-refractivity contribution in [2.45, 2.75) is 40.7 Å². The monoisotopic (exact) mass is 464 g/mol. The smallest absolute Gasteiger partial charge is 0.322 e. The van der Waals surface area contributed by atoms with Gasteiger partial charge in [-0.2, -0.15) is 0 Å². The summed E-state index contributed by atoms with van der Waals surface area (Å²) in [5.41, 5.74) is 4.01. The number of para-hydroxylation sites is 2.